The van der Waals surface area contributed by atoms with Crippen molar-refractivity contribution in [2.45, 2.75) is 57.5 Å². The van der Waals surface area contributed by atoms with Crippen molar-refractivity contribution in [1.82, 2.24) is 5.32 Å². The van der Waals surface area contributed by atoms with Crippen LogP contribution in [0, 0.1) is 0 Å². The maximum atomic E-state index is 12.1. The third-order valence-corrected chi connectivity index (χ3v) is 6.44. The minimum Gasteiger partial charge on any atom is -0.463 e. The molecule has 0 radical (unpaired) electrons. The Hall–Kier alpha value is -2.59. The largest absolute Gasteiger partial charge is 0.463 e. The van der Waals surface area contributed by atoms with E-state index in [0.717, 1.165) is 11.1 Å². The lowest BCUT2D eigenvalue weighted by Gasteiger charge is -2.46. The summed E-state index contributed by atoms with van der Waals surface area (Å²) in [5.41, 5.74) is 1.73. The lowest BCUT2D eigenvalue weighted by molar-refractivity contribution is -0.227. The van der Waals surface area contributed by atoms with Crippen LogP contribution in [0.5, 0.6) is 0 Å². The fraction of sp³-hybridized carbons (Fsp3) is 0.440. The molecule has 1 saturated heterocycles. The van der Waals surface area contributed by atoms with E-state index in [1.165, 1.54) is 13.8 Å². The molecule has 0 aromatic heterocycles. The molecule has 0 spiro atoms. The summed E-state index contributed by atoms with van der Waals surface area (Å²) in [6.45, 7) is 2.65. The standard InChI is InChI=1S/C25H32NO9P/c1-17(27)26-23-22(16-36(29,30)31)35-21(15-32-18(2)28)24(33-13-19-9-5-3-6-10-19)25(23)34-14-20-11-7-4-8-12-20/h3-12,21-25H,13-16H2,1-2H3,(H,26,27)(H2,29,30,31)/t21?,22-,23?,24-,25+/m1/s1. The van der Waals surface area contributed by atoms with Gasteiger partial charge in [-0.05, 0) is 11.1 Å². The van der Waals surface area contributed by atoms with Crippen LogP contribution in [0.25, 0.3) is 0 Å². The Bertz CT molecular complexity index is 1030. The summed E-state index contributed by atoms with van der Waals surface area (Å²) < 4.78 is 35.6. The van der Waals surface area contributed by atoms with Gasteiger partial charge < -0.3 is 34.1 Å². The number of carbonyl (C=O) groups excluding carboxylic acids is 2. The third-order valence-electron chi connectivity index (χ3n) is 5.60. The molecule has 10 nitrogen and oxygen atoms in total. The highest BCUT2D eigenvalue weighted by molar-refractivity contribution is 7.51. The molecule has 2 unspecified atom stereocenters. The molecule has 5 atom stereocenters. The monoisotopic (exact) mass is 521 g/mol. The van der Waals surface area contributed by atoms with Crippen molar-refractivity contribution in [3.05, 3.63) is 71.8 Å². The van der Waals surface area contributed by atoms with E-state index in [1.54, 1.807) is 0 Å². The van der Waals surface area contributed by atoms with Gasteiger partial charge in [-0.1, -0.05) is 60.7 Å². The van der Waals surface area contributed by atoms with Gasteiger partial charge in [0.2, 0.25) is 5.91 Å². The predicted octanol–water partition coefficient (Wildman–Crippen LogP) is 2.17. The van der Waals surface area contributed by atoms with E-state index in [-0.39, 0.29) is 19.8 Å². The van der Waals surface area contributed by atoms with Gasteiger partial charge in [0.15, 0.2) is 0 Å². The Kier molecular flexibility index (Phi) is 10.2. The molecule has 0 bridgehead atoms. The summed E-state index contributed by atoms with van der Waals surface area (Å²) in [5, 5.41) is 2.73. The molecular weight excluding hydrogens is 489 g/mol. The van der Waals surface area contributed by atoms with Gasteiger partial charge >= 0.3 is 13.6 Å². The van der Waals surface area contributed by atoms with E-state index in [2.05, 4.69) is 5.32 Å². The first-order valence-corrected chi connectivity index (χ1v) is 13.3. The first-order valence-electron chi connectivity index (χ1n) is 11.5. The second kappa shape index (κ2) is 13.1. The van der Waals surface area contributed by atoms with Crippen LogP contribution in [-0.4, -0.2) is 64.9 Å². The van der Waals surface area contributed by atoms with Crippen LogP contribution in [0.3, 0.4) is 0 Å². The zero-order valence-electron chi connectivity index (χ0n) is 20.2. The summed E-state index contributed by atoms with van der Waals surface area (Å²) in [5.74, 6) is -0.967. The molecule has 3 N–H and O–H groups in total. The molecule has 0 saturated carbocycles. The van der Waals surface area contributed by atoms with Crippen molar-refractivity contribution < 1.29 is 42.9 Å². The van der Waals surface area contributed by atoms with E-state index in [9.17, 15) is 23.9 Å². The van der Waals surface area contributed by atoms with Crippen LogP contribution in [0.15, 0.2) is 60.7 Å². The van der Waals surface area contributed by atoms with Gasteiger partial charge in [-0.3, -0.25) is 14.2 Å². The molecule has 1 heterocycles. The third kappa shape index (κ3) is 8.81. The zero-order valence-corrected chi connectivity index (χ0v) is 21.1. The molecule has 1 aliphatic heterocycles. The van der Waals surface area contributed by atoms with Crippen LogP contribution in [-0.2, 0) is 46.3 Å². The van der Waals surface area contributed by atoms with Crippen LogP contribution >= 0.6 is 7.60 Å². The van der Waals surface area contributed by atoms with Crippen molar-refractivity contribution in [3.63, 3.8) is 0 Å². The summed E-state index contributed by atoms with van der Waals surface area (Å²) in [4.78, 5) is 43.1. The Morgan fingerprint density at radius 1 is 0.889 bits per heavy atom. The van der Waals surface area contributed by atoms with Gasteiger partial charge in [0.25, 0.3) is 0 Å². The number of rotatable bonds is 11. The Labute approximate surface area is 210 Å². The topological polar surface area (TPSA) is 141 Å². The van der Waals surface area contributed by atoms with Crippen molar-refractivity contribution in [1.29, 1.82) is 0 Å². The smallest absolute Gasteiger partial charge is 0.328 e. The predicted molar refractivity (Wildman–Crippen MR) is 130 cm³/mol. The second-order valence-electron chi connectivity index (χ2n) is 8.61. The number of carbonyl (C=O) groups is 2. The van der Waals surface area contributed by atoms with Crippen molar-refractivity contribution >= 4 is 19.5 Å². The summed E-state index contributed by atoms with van der Waals surface area (Å²) in [7, 11) is -4.55. The van der Waals surface area contributed by atoms with Crippen molar-refractivity contribution in [2.24, 2.45) is 0 Å². The summed E-state index contributed by atoms with van der Waals surface area (Å²) in [6.07, 6.45) is -4.39. The van der Waals surface area contributed by atoms with Crippen LogP contribution in [0.1, 0.15) is 25.0 Å². The Morgan fingerprint density at radius 2 is 1.42 bits per heavy atom. The highest BCUT2D eigenvalue weighted by atomic mass is 31.2. The van der Waals surface area contributed by atoms with Gasteiger partial charge in [0.05, 0.1) is 31.5 Å². The minimum atomic E-state index is -4.55. The quantitative estimate of drug-likeness (QED) is 0.300. The van der Waals surface area contributed by atoms with E-state index in [0.29, 0.717) is 0 Å². The summed E-state index contributed by atoms with van der Waals surface area (Å²) in [6, 6.07) is 17.8. The number of benzene rings is 2. The average molecular weight is 522 g/mol. The van der Waals surface area contributed by atoms with Crippen molar-refractivity contribution in [2.75, 3.05) is 12.8 Å². The molecule has 3 rings (SSSR count). The number of hydrogen-bond donors (Lipinski definition) is 3. The lowest BCUT2D eigenvalue weighted by atomic mass is 9.92. The fourth-order valence-electron chi connectivity index (χ4n) is 4.08. The Morgan fingerprint density at radius 3 is 1.89 bits per heavy atom. The van der Waals surface area contributed by atoms with Crippen LogP contribution in [0.2, 0.25) is 0 Å². The maximum absolute atomic E-state index is 12.1. The molecule has 1 fully saturated rings. The van der Waals surface area contributed by atoms with E-state index in [4.69, 9.17) is 18.9 Å². The molecule has 196 valence electrons. The lowest BCUT2D eigenvalue weighted by Crippen LogP contribution is -2.66. The summed E-state index contributed by atoms with van der Waals surface area (Å²) >= 11 is 0. The normalized spacial score (nSPS) is 24.2. The molecule has 2 aromatic carbocycles. The van der Waals surface area contributed by atoms with Crippen LogP contribution < -0.4 is 5.32 Å². The first-order chi connectivity index (χ1) is 17.1. The molecule has 11 heteroatoms. The van der Waals surface area contributed by atoms with E-state index >= 15 is 0 Å². The maximum Gasteiger partial charge on any atom is 0.328 e. The molecule has 1 amide bonds. The van der Waals surface area contributed by atoms with Gasteiger partial charge in [-0.15, -0.1) is 0 Å². The highest BCUT2D eigenvalue weighted by Crippen LogP contribution is 2.40. The second-order valence-corrected chi connectivity index (χ2v) is 10.3. The number of hydrogen-bond acceptors (Lipinski definition) is 7. The molecule has 1 aliphatic rings. The zero-order chi connectivity index (χ0) is 26.1. The van der Waals surface area contributed by atoms with Crippen molar-refractivity contribution in [3.8, 4) is 0 Å². The van der Waals surface area contributed by atoms with E-state index < -0.39 is 56.1 Å². The van der Waals surface area contributed by atoms with Gasteiger partial charge in [0.1, 0.15) is 24.9 Å². The Balaban J connectivity index is 1.95. The molecular formula is C25H32NO9P. The first kappa shape index (κ1) is 28.0. The molecule has 0 aliphatic carbocycles. The van der Waals surface area contributed by atoms with Gasteiger partial charge in [-0.25, -0.2) is 0 Å². The number of nitrogens with one attached hydrogen (secondary N) is 1. The van der Waals surface area contributed by atoms with Gasteiger partial charge in [-0.2, -0.15) is 0 Å². The minimum absolute atomic E-state index is 0.149. The molecule has 2 aromatic rings. The molecule has 36 heavy (non-hydrogen) atoms. The number of esters is 1. The SMILES string of the molecule is CC(=O)NC1[C@@H](CP(=O)(O)O)OC(COC(C)=O)[C@@H](OCc2ccccc2)[C@H]1OCc1ccccc1. The number of ether oxygens (including phenoxy) is 4. The average Bonchev–Trinajstić information content (AvgIpc) is 2.82. The van der Waals surface area contributed by atoms with Gasteiger partial charge in [0, 0.05) is 13.8 Å². The van der Waals surface area contributed by atoms with Crippen LogP contribution in [0.4, 0.5) is 0 Å². The fourth-order valence-corrected chi connectivity index (χ4v) is 4.86. The highest BCUT2D eigenvalue weighted by Gasteiger charge is 2.49. The van der Waals surface area contributed by atoms with E-state index in [1.807, 2.05) is 60.7 Å². The number of amides is 1.